The molecule has 0 amide bonds. The SMILES string of the molecule is CC(=O)c1ccc(C(=O)OCCc2cccnc2)cc1. The van der Waals surface area contributed by atoms with Gasteiger partial charge in [0.05, 0.1) is 12.2 Å². The van der Waals surface area contributed by atoms with Gasteiger partial charge in [0.25, 0.3) is 0 Å². The maximum Gasteiger partial charge on any atom is 0.338 e. The largest absolute Gasteiger partial charge is 0.462 e. The Morgan fingerprint density at radius 1 is 1.10 bits per heavy atom. The van der Waals surface area contributed by atoms with Crippen LogP contribution in [0.25, 0.3) is 0 Å². The first-order valence-corrected chi connectivity index (χ1v) is 6.34. The van der Waals surface area contributed by atoms with Crippen LogP contribution in [0.5, 0.6) is 0 Å². The van der Waals surface area contributed by atoms with E-state index in [4.69, 9.17) is 4.74 Å². The minimum absolute atomic E-state index is 0.0264. The molecule has 0 fully saturated rings. The lowest BCUT2D eigenvalue weighted by atomic mass is 10.1. The highest BCUT2D eigenvalue weighted by atomic mass is 16.5. The number of benzene rings is 1. The van der Waals surface area contributed by atoms with Gasteiger partial charge in [-0.1, -0.05) is 18.2 Å². The Morgan fingerprint density at radius 3 is 2.40 bits per heavy atom. The average Bonchev–Trinajstić information content (AvgIpc) is 2.48. The summed E-state index contributed by atoms with van der Waals surface area (Å²) in [6.45, 7) is 1.79. The van der Waals surface area contributed by atoms with E-state index in [0.717, 1.165) is 5.56 Å². The first kappa shape index (κ1) is 13.9. The van der Waals surface area contributed by atoms with Crippen molar-refractivity contribution in [3.05, 3.63) is 65.5 Å². The van der Waals surface area contributed by atoms with Crippen LogP contribution in [-0.4, -0.2) is 23.3 Å². The molecule has 4 heteroatoms. The van der Waals surface area contributed by atoms with Gasteiger partial charge in [0.15, 0.2) is 5.78 Å². The highest BCUT2D eigenvalue weighted by Gasteiger charge is 2.08. The molecule has 0 unspecified atom stereocenters. The standard InChI is InChI=1S/C16H15NO3/c1-12(18)14-4-6-15(7-5-14)16(19)20-10-8-13-3-2-9-17-11-13/h2-7,9,11H,8,10H2,1H3. The number of rotatable bonds is 5. The zero-order chi connectivity index (χ0) is 14.4. The molecule has 0 bridgehead atoms. The van der Waals surface area contributed by atoms with E-state index < -0.39 is 0 Å². The van der Waals surface area contributed by atoms with Crippen LogP contribution in [0.15, 0.2) is 48.8 Å². The van der Waals surface area contributed by atoms with Gasteiger partial charge in [-0.25, -0.2) is 4.79 Å². The van der Waals surface area contributed by atoms with Crippen LogP contribution in [0.4, 0.5) is 0 Å². The Morgan fingerprint density at radius 2 is 1.80 bits per heavy atom. The van der Waals surface area contributed by atoms with Crippen LogP contribution in [-0.2, 0) is 11.2 Å². The zero-order valence-electron chi connectivity index (χ0n) is 11.2. The van der Waals surface area contributed by atoms with E-state index in [1.807, 2.05) is 12.1 Å². The Labute approximate surface area is 117 Å². The van der Waals surface area contributed by atoms with E-state index in [1.165, 1.54) is 6.92 Å². The van der Waals surface area contributed by atoms with E-state index in [9.17, 15) is 9.59 Å². The molecule has 102 valence electrons. The Hall–Kier alpha value is -2.49. The summed E-state index contributed by atoms with van der Waals surface area (Å²) in [6, 6.07) is 10.2. The molecule has 0 N–H and O–H groups in total. The van der Waals surface area contributed by atoms with Crippen LogP contribution in [0.2, 0.25) is 0 Å². The monoisotopic (exact) mass is 269 g/mol. The van der Waals surface area contributed by atoms with Crippen molar-refractivity contribution in [1.29, 1.82) is 0 Å². The molecule has 1 aromatic carbocycles. The van der Waals surface area contributed by atoms with Crippen LogP contribution >= 0.6 is 0 Å². The zero-order valence-corrected chi connectivity index (χ0v) is 11.2. The second-order valence-corrected chi connectivity index (χ2v) is 4.38. The molecule has 0 aliphatic carbocycles. The molecule has 4 nitrogen and oxygen atoms in total. The Balaban J connectivity index is 1.87. The normalized spacial score (nSPS) is 10.1. The summed E-state index contributed by atoms with van der Waals surface area (Å²) < 4.78 is 5.18. The lowest BCUT2D eigenvalue weighted by molar-refractivity contribution is 0.0509. The van der Waals surface area contributed by atoms with Gasteiger partial charge in [0.1, 0.15) is 0 Å². The summed E-state index contributed by atoms with van der Waals surface area (Å²) >= 11 is 0. The van der Waals surface area contributed by atoms with Crippen LogP contribution in [0.1, 0.15) is 33.2 Å². The number of ketones is 1. The Kier molecular flexibility index (Phi) is 4.60. The topological polar surface area (TPSA) is 56.3 Å². The number of ether oxygens (including phenoxy) is 1. The van der Waals surface area contributed by atoms with Gasteiger partial charge >= 0.3 is 5.97 Å². The summed E-state index contributed by atoms with van der Waals surface area (Å²) in [6.07, 6.45) is 4.08. The van der Waals surface area contributed by atoms with Gasteiger partial charge in [-0.2, -0.15) is 0 Å². The molecule has 0 radical (unpaired) electrons. The van der Waals surface area contributed by atoms with Crippen molar-refractivity contribution in [3.63, 3.8) is 0 Å². The lowest BCUT2D eigenvalue weighted by Gasteiger charge is -2.05. The van der Waals surface area contributed by atoms with Crippen molar-refractivity contribution in [2.75, 3.05) is 6.61 Å². The van der Waals surface area contributed by atoms with Gasteiger partial charge in [0.2, 0.25) is 0 Å². The molecule has 0 atom stereocenters. The third kappa shape index (κ3) is 3.75. The smallest absolute Gasteiger partial charge is 0.338 e. The quantitative estimate of drug-likeness (QED) is 0.618. The molecule has 0 saturated heterocycles. The van der Waals surface area contributed by atoms with Crippen LogP contribution in [0.3, 0.4) is 0 Å². The minimum atomic E-state index is -0.385. The van der Waals surface area contributed by atoms with Gasteiger partial charge < -0.3 is 4.74 Å². The number of carbonyl (C=O) groups is 2. The van der Waals surface area contributed by atoms with Crippen molar-refractivity contribution < 1.29 is 14.3 Å². The van der Waals surface area contributed by atoms with Crippen molar-refractivity contribution in [1.82, 2.24) is 4.98 Å². The number of carbonyl (C=O) groups excluding carboxylic acids is 2. The molecule has 1 aromatic heterocycles. The molecule has 1 heterocycles. The molecule has 0 saturated carbocycles. The number of hydrogen-bond acceptors (Lipinski definition) is 4. The van der Waals surface area contributed by atoms with Gasteiger partial charge in [-0.15, -0.1) is 0 Å². The van der Waals surface area contributed by atoms with E-state index in [0.29, 0.717) is 24.2 Å². The molecule has 0 spiro atoms. The number of Topliss-reactive ketones (excluding diaryl/α,β-unsaturated/α-hetero) is 1. The molecule has 0 aliphatic rings. The van der Waals surface area contributed by atoms with E-state index >= 15 is 0 Å². The van der Waals surface area contributed by atoms with E-state index in [2.05, 4.69) is 4.98 Å². The molecule has 0 aliphatic heterocycles. The van der Waals surface area contributed by atoms with Gasteiger partial charge in [0, 0.05) is 24.4 Å². The maximum atomic E-state index is 11.8. The molecular weight excluding hydrogens is 254 g/mol. The van der Waals surface area contributed by atoms with Crippen molar-refractivity contribution in [3.8, 4) is 0 Å². The fraction of sp³-hybridized carbons (Fsp3) is 0.188. The van der Waals surface area contributed by atoms with Crippen LogP contribution in [0, 0.1) is 0 Å². The first-order chi connectivity index (χ1) is 9.66. The average molecular weight is 269 g/mol. The lowest BCUT2D eigenvalue weighted by Crippen LogP contribution is -2.08. The third-order valence-corrected chi connectivity index (χ3v) is 2.87. The summed E-state index contributed by atoms with van der Waals surface area (Å²) in [7, 11) is 0. The van der Waals surface area contributed by atoms with Crippen molar-refractivity contribution in [2.45, 2.75) is 13.3 Å². The predicted octanol–water partition coefficient (Wildman–Crippen LogP) is 2.68. The Bertz CT molecular complexity index is 591. The fourth-order valence-electron chi connectivity index (χ4n) is 1.73. The second kappa shape index (κ2) is 6.61. The number of hydrogen-bond donors (Lipinski definition) is 0. The van der Waals surface area contributed by atoms with E-state index in [1.54, 1.807) is 36.7 Å². The van der Waals surface area contributed by atoms with E-state index in [-0.39, 0.29) is 11.8 Å². The van der Waals surface area contributed by atoms with Gasteiger partial charge in [-0.05, 0) is 30.7 Å². The number of aromatic nitrogens is 1. The number of pyridine rings is 1. The summed E-state index contributed by atoms with van der Waals surface area (Å²) in [5.74, 6) is -0.412. The second-order valence-electron chi connectivity index (χ2n) is 4.38. The first-order valence-electron chi connectivity index (χ1n) is 6.34. The highest BCUT2D eigenvalue weighted by molar-refractivity contribution is 5.96. The summed E-state index contributed by atoms with van der Waals surface area (Å²) in [4.78, 5) is 26.9. The number of esters is 1. The van der Waals surface area contributed by atoms with Crippen molar-refractivity contribution in [2.24, 2.45) is 0 Å². The third-order valence-electron chi connectivity index (χ3n) is 2.87. The van der Waals surface area contributed by atoms with Crippen molar-refractivity contribution >= 4 is 11.8 Å². The fourth-order valence-corrected chi connectivity index (χ4v) is 1.73. The van der Waals surface area contributed by atoms with Gasteiger partial charge in [-0.3, -0.25) is 9.78 Å². The molecular formula is C16H15NO3. The molecule has 2 rings (SSSR count). The molecule has 20 heavy (non-hydrogen) atoms. The molecule has 2 aromatic rings. The maximum absolute atomic E-state index is 11.8. The summed E-state index contributed by atoms with van der Waals surface area (Å²) in [5, 5.41) is 0. The summed E-state index contributed by atoms with van der Waals surface area (Å²) in [5.41, 5.74) is 2.05. The highest BCUT2D eigenvalue weighted by Crippen LogP contribution is 2.07. The number of nitrogens with zero attached hydrogens (tertiary/aromatic N) is 1. The minimum Gasteiger partial charge on any atom is -0.462 e. The van der Waals surface area contributed by atoms with Crippen LogP contribution < -0.4 is 0 Å². The predicted molar refractivity (Wildman–Crippen MR) is 74.7 cm³/mol.